The third-order valence-corrected chi connectivity index (χ3v) is 4.46. The normalized spacial score (nSPS) is 22.3. The maximum absolute atomic E-state index is 12.6. The molecule has 162 valence electrons. The zero-order chi connectivity index (χ0) is 22.4. The quantitative estimate of drug-likeness (QED) is 0.544. The molecule has 9 heteroatoms. The van der Waals surface area contributed by atoms with E-state index in [-0.39, 0.29) is 11.1 Å². The monoisotopic (exact) mass is 427 g/mol. The molecule has 1 aliphatic rings. The summed E-state index contributed by atoms with van der Waals surface area (Å²) in [5, 5.41) is 2.39. The van der Waals surface area contributed by atoms with Gasteiger partial charge in [0.25, 0.3) is 5.91 Å². The topological polar surface area (TPSA) is 117 Å². The Balaban J connectivity index is 1.90. The molecule has 0 unspecified atom stereocenters. The summed E-state index contributed by atoms with van der Waals surface area (Å²) in [5.41, 5.74) is 0.447. The van der Waals surface area contributed by atoms with E-state index < -0.39 is 48.4 Å². The van der Waals surface area contributed by atoms with Crippen LogP contribution in [0.4, 0.5) is 0 Å². The lowest BCUT2D eigenvalue weighted by atomic mass is 10.1. The highest BCUT2D eigenvalue weighted by molar-refractivity contribution is 5.91. The first-order valence-corrected chi connectivity index (χ1v) is 9.47. The van der Waals surface area contributed by atoms with Gasteiger partial charge in [0.05, 0.1) is 11.1 Å². The van der Waals surface area contributed by atoms with Crippen LogP contribution in [-0.4, -0.2) is 55.5 Å². The minimum Gasteiger partial charge on any atom is -0.451 e. The second-order valence-electron chi connectivity index (χ2n) is 6.62. The first kappa shape index (κ1) is 22.0. The van der Waals surface area contributed by atoms with Gasteiger partial charge >= 0.3 is 17.9 Å². The third-order valence-electron chi connectivity index (χ3n) is 4.46. The highest BCUT2D eigenvalue weighted by atomic mass is 16.7. The van der Waals surface area contributed by atoms with Crippen LogP contribution >= 0.6 is 0 Å². The van der Waals surface area contributed by atoms with Crippen LogP contribution in [0.1, 0.15) is 27.6 Å². The molecule has 1 N–H and O–H groups in total. The number of likely N-dealkylation sites (N-methyl/N-ethyl adjacent to an activating group) is 1. The highest BCUT2D eigenvalue weighted by Gasteiger charge is 2.54. The fraction of sp³-hybridized carbons (Fsp3) is 0.273. The predicted molar refractivity (Wildman–Crippen MR) is 106 cm³/mol. The molecule has 1 heterocycles. The number of rotatable bonds is 6. The zero-order valence-electron chi connectivity index (χ0n) is 16.8. The Morgan fingerprint density at radius 2 is 1.26 bits per heavy atom. The van der Waals surface area contributed by atoms with Gasteiger partial charge in [0.1, 0.15) is 0 Å². The van der Waals surface area contributed by atoms with E-state index in [9.17, 15) is 19.2 Å². The molecule has 0 aromatic heterocycles. The highest BCUT2D eigenvalue weighted by Crippen LogP contribution is 2.29. The molecule has 0 spiro atoms. The van der Waals surface area contributed by atoms with E-state index in [1.54, 1.807) is 36.4 Å². The van der Waals surface area contributed by atoms with Gasteiger partial charge in [-0.25, -0.2) is 9.59 Å². The number of amides is 1. The van der Waals surface area contributed by atoms with E-state index in [0.717, 1.165) is 6.92 Å². The number of hydrogen-bond acceptors (Lipinski definition) is 8. The van der Waals surface area contributed by atoms with Crippen LogP contribution < -0.4 is 5.32 Å². The van der Waals surface area contributed by atoms with E-state index in [4.69, 9.17) is 18.9 Å². The van der Waals surface area contributed by atoms with Crippen molar-refractivity contribution in [1.29, 1.82) is 0 Å². The molecule has 0 bridgehead atoms. The average molecular weight is 427 g/mol. The van der Waals surface area contributed by atoms with E-state index in [1.165, 1.54) is 31.3 Å². The molecule has 3 rings (SSSR count). The predicted octanol–water partition coefficient (Wildman–Crippen LogP) is 1.47. The molecular weight excluding hydrogens is 406 g/mol. The maximum Gasteiger partial charge on any atom is 0.338 e. The van der Waals surface area contributed by atoms with E-state index in [0.29, 0.717) is 0 Å². The Hall–Kier alpha value is -3.72. The van der Waals surface area contributed by atoms with Crippen LogP contribution in [0.15, 0.2) is 60.7 Å². The average Bonchev–Trinajstić information content (AvgIpc) is 3.10. The standard InChI is InChI=1S/C22H21NO8/c1-13(24)28-22-18(30-21(27)15-11-7-4-8-12-15)16(17(31-22)19(25)23-2)29-20(26)14-9-5-3-6-10-14/h3-12,16-18,22H,1-2H3,(H,23,25)/t16-,17+,18-,22+/m1/s1. The van der Waals surface area contributed by atoms with Gasteiger partial charge < -0.3 is 24.3 Å². The fourth-order valence-corrected chi connectivity index (χ4v) is 3.02. The van der Waals surface area contributed by atoms with Crippen molar-refractivity contribution in [1.82, 2.24) is 5.32 Å². The largest absolute Gasteiger partial charge is 0.451 e. The van der Waals surface area contributed by atoms with Crippen molar-refractivity contribution in [3.8, 4) is 0 Å². The van der Waals surface area contributed by atoms with Gasteiger partial charge in [0.2, 0.25) is 12.4 Å². The number of carbonyl (C=O) groups excluding carboxylic acids is 4. The van der Waals surface area contributed by atoms with Crippen molar-refractivity contribution in [3.63, 3.8) is 0 Å². The smallest absolute Gasteiger partial charge is 0.338 e. The molecule has 1 saturated heterocycles. The Labute approximate surface area is 178 Å². The lowest BCUT2D eigenvalue weighted by Crippen LogP contribution is -2.46. The van der Waals surface area contributed by atoms with Crippen LogP contribution in [0.3, 0.4) is 0 Å². The molecule has 1 amide bonds. The lowest BCUT2D eigenvalue weighted by Gasteiger charge is -2.23. The summed E-state index contributed by atoms with van der Waals surface area (Å²) in [7, 11) is 1.37. The Kier molecular flexibility index (Phi) is 6.99. The second-order valence-corrected chi connectivity index (χ2v) is 6.62. The van der Waals surface area contributed by atoms with E-state index in [2.05, 4.69) is 5.32 Å². The van der Waals surface area contributed by atoms with Gasteiger partial charge in [0.15, 0.2) is 12.2 Å². The summed E-state index contributed by atoms with van der Waals surface area (Å²) >= 11 is 0. The third kappa shape index (κ3) is 5.26. The first-order valence-electron chi connectivity index (χ1n) is 9.47. The number of nitrogens with one attached hydrogen (secondary N) is 1. The summed E-state index contributed by atoms with van der Waals surface area (Å²) in [6.45, 7) is 1.14. The van der Waals surface area contributed by atoms with E-state index >= 15 is 0 Å². The van der Waals surface area contributed by atoms with Crippen LogP contribution in [-0.2, 0) is 28.5 Å². The molecule has 0 radical (unpaired) electrons. The molecular formula is C22H21NO8. The van der Waals surface area contributed by atoms with Crippen molar-refractivity contribution in [3.05, 3.63) is 71.8 Å². The van der Waals surface area contributed by atoms with Crippen molar-refractivity contribution in [2.75, 3.05) is 7.05 Å². The minimum absolute atomic E-state index is 0.223. The van der Waals surface area contributed by atoms with Crippen LogP contribution in [0.2, 0.25) is 0 Å². The van der Waals surface area contributed by atoms with Crippen LogP contribution in [0, 0.1) is 0 Å². The van der Waals surface area contributed by atoms with Gasteiger partial charge in [-0.3, -0.25) is 9.59 Å². The molecule has 31 heavy (non-hydrogen) atoms. The number of ether oxygens (including phenoxy) is 4. The molecule has 4 atom stereocenters. The number of hydrogen-bond donors (Lipinski definition) is 1. The van der Waals surface area contributed by atoms with Gasteiger partial charge in [0, 0.05) is 14.0 Å². The zero-order valence-corrected chi connectivity index (χ0v) is 16.8. The molecule has 0 aliphatic carbocycles. The summed E-state index contributed by atoms with van der Waals surface area (Å²) in [6, 6.07) is 16.1. The molecule has 2 aromatic carbocycles. The first-order chi connectivity index (χ1) is 14.9. The fourth-order valence-electron chi connectivity index (χ4n) is 3.02. The van der Waals surface area contributed by atoms with Gasteiger partial charge in [-0.05, 0) is 24.3 Å². The van der Waals surface area contributed by atoms with Gasteiger partial charge in [-0.15, -0.1) is 0 Å². The summed E-state index contributed by atoms with van der Waals surface area (Å²) < 4.78 is 21.6. The molecule has 2 aromatic rings. The molecule has 0 saturated carbocycles. The number of benzene rings is 2. The molecule has 1 aliphatic heterocycles. The number of carbonyl (C=O) groups is 4. The Morgan fingerprint density at radius 3 is 1.71 bits per heavy atom. The maximum atomic E-state index is 12.6. The van der Waals surface area contributed by atoms with Crippen molar-refractivity contribution in [2.24, 2.45) is 0 Å². The van der Waals surface area contributed by atoms with Crippen molar-refractivity contribution < 1.29 is 38.1 Å². The molecule has 1 fully saturated rings. The Bertz CT molecular complexity index is 946. The van der Waals surface area contributed by atoms with Gasteiger partial charge in [-0.1, -0.05) is 36.4 Å². The Morgan fingerprint density at radius 1 is 0.774 bits per heavy atom. The summed E-state index contributed by atoms with van der Waals surface area (Å²) in [5.74, 6) is -2.88. The van der Waals surface area contributed by atoms with Crippen LogP contribution in [0.5, 0.6) is 0 Å². The van der Waals surface area contributed by atoms with Gasteiger partial charge in [-0.2, -0.15) is 0 Å². The summed E-state index contributed by atoms with van der Waals surface area (Å²) in [6.07, 6.45) is -5.53. The van der Waals surface area contributed by atoms with Crippen molar-refractivity contribution >= 4 is 23.8 Å². The van der Waals surface area contributed by atoms with Crippen LogP contribution in [0.25, 0.3) is 0 Å². The molecule has 9 nitrogen and oxygen atoms in total. The van der Waals surface area contributed by atoms with E-state index in [1.807, 2.05) is 0 Å². The minimum atomic E-state index is -1.44. The number of esters is 3. The lowest BCUT2D eigenvalue weighted by molar-refractivity contribution is -0.187. The SMILES string of the molecule is CNC(=O)[C@H]1O[C@H](OC(C)=O)[C@H](OC(=O)c2ccccc2)[C@@H]1OC(=O)c1ccccc1. The second kappa shape index (κ2) is 9.86. The van der Waals surface area contributed by atoms with Crippen molar-refractivity contribution in [2.45, 2.75) is 31.5 Å². The summed E-state index contributed by atoms with van der Waals surface area (Å²) in [4.78, 5) is 49.2.